The fraction of sp³-hybridized carbons (Fsp3) is 0.231. The molecular formula is C13H14F2N4O. The van der Waals surface area contributed by atoms with Gasteiger partial charge in [0.2, 0.25) is 0 Å². The molecule has 2 amide bonds. The van der Waals surface area contributed by atoms with Gasteiger partial charge in [-0.1, -0.05) is 0 Å². The maximum atomic E-state index is 12.9. The van der Waals surface area contributed by atoms with Crippen LogP contribution in [0.1, 0.15) is 6.42 Å². The summed E-state index contributed by atoms with van der Waals surface area (Å²) in [5.74, 6) is -1.95. The van der Waals surface area contributed by atoms with E-state index in [1.807, 2.05) is 10.8 Å². The Morgan fingerprint density at radius 3 is 2.85 bits per heavy atom. The number of hydrogen-bond acceptors (Lipinski definition) is 2. The monoisotopic (exact) mass is 280 g/mol. The number of nitrogens with zero attached hydrogens (tertiary/aromatic N) is 2. The van der Waals surface area contributed by atoms with Gasteiger partial charge >= 0.3 is 6.03 Å². The third kappa shape index (κ3) is 4.04. The van der Waals surface area contributed by atoms with Crippen LogP contribution in [0.25, 0.3) is 0 Å². The van der Waals surface area contributed by atoms with Crippen LogP contribution in [0, 0.1) is 11.6 Å². The molecule has 106 valence electrons. The first kappa shape index (κ1) is 14.0. The molecule has 2 rings (SSSR count). The van der Waals surface area contributed by atoms with E-state index in [0.717, 1.165) is 25.1 Å². The number of halogens is 2. The van der Waals surface area contributed by atoms with Crippen LogP contribution >= 0.6 is 0 Å². The molecule has 20 heavy (non-hydrogen) atoms. The molecule has 7 heteroatoms. The average molecular weight is 280 g/mol. The van der Waals surface area contributed by atoms with Crippen molar-refractivity contribution in [1.29, 1.82) is 0 Å². The van der Waals surface area contributed by atoms with Gasteiger partial charge in [-0.2, -0.15) is 0 Å². The predicted octanol–water partition coefficient (Wildman–Crippen LogP) is 2.37. The van der Waals surface area contributed by atoms with Gasteiger partial charge in [-0.3, -0.25) is 0 Å². The first-order valence-electron chi connectivity index (χ1n) is 6.11. The van der Waals surface area contributed by atoms with Crippen molar-refractivity contribution >= 4 is 11.7 Å². The lowest BCUT2D eigenvalue weighted by Gasteiger charge is -2.08. The normalized spacial score (nSPS) is 10.3. The topological polar surface area (TPSA) is 59.0 Å². The van der Waals surface area contributed by atoms with Gasteiger partial charge in [0.05, 0.1) is 6.33 Å². The zero-order chi connectivity index (χ0) is 14.4. The number of urea groups is 1. The number of carbonyl (C=O) groups is 1. The molecule has 0 bridgehead atoms. The van der Waals surface area contributed by atoms with Crippen LogP contribution in [0.15, 0.2) is 36.9 Å². The molecule has 1 aromatic heterocycles. The van der Waals surface area contributed by atoms with Crippen molar-refractivity contribution < 1.29 is 13.6 Å². The number of carbonyl (C=O) groups excluding carboxylic acids is 1. The van der Waals surface area contributed by atoms with Gasteiger partial charge in [0, 0.05) is 37.2 Å². The third-order valence-corrected chi connectivity index (χ3v) is 2.62. The molecule has 0 unspecified atom stereocenters. The Kier molecular flexibility index (Phi) is 4.65. The van der Waals surface area contributed by atoms with E-state index in [0.29, 0.717) is 6.54 Å². The van der Waals surface area contributed by atoms with Gasteiger partial charge in [0.15, 0.2) is 11.6 Å². The number of anilines is 1. The Morgan fingerprint density at radius 1 is 1.30 bits per heavy atom. The summed E-state index contributed by atoms with van der Waals surface area (Å²) in [5, 5.41) is 5.06. The Balaban J connectivity index is 1.71. The van der Waals surface area contributed by atoms with Crippen molar-refractivity contribution in [2.24, 2.45) is 0 Å². The summed E-state index contributed by atoms with van der Waals surface area (Å²) in [5.41, 5.74) is 0.205. The number of aromatic nitrogens is 2. The van der Waals surface area contributed by atoms with Crippen LogP contribution in [0.5, 0.6) is 0 Å². The first-order valence-corrected chi connectivity index (χ1v) is 6.11. The highest BCUT2D eigenvalue weighted by Crippen LogP contribution is 2.12. The van der Waals surface area contributed by atoms with E-state index in [2.05, 4.69) is 15.6 Å². The van der Waals surface area contributed by atoms with E-state index >= 15 is 0 Å². The van der Waals surface area contributed by atoms with Crippen LogP contribution in [0.3, 0.4) is 0 Å². The van der Waals surface area contributed by atoms with Crippen molar-refractivity contribution in [3.8, 4) is 0 Å². The van der Waals surface area contributed by atoms with Crippen molar-refractivity contribution in [3.05, 3.63) is 48.6 Å². The fourth-order valence-corrected chi connectivity index (χ4v) is 1.63. The zero-order valence-corrected chi connectivity index (χ0v) is 10.6. The minimum absolute atomic E-state index is 0.205. The molecule has 0 radical (unpaired) electrons. The van der Waals surface area contributed by atoms with Gasteiger partial charge in [0.25, 0.3) is 0 Å². The van der Waals surface area contributed by atoms with Gasteiger partial charge in [-0.25, -0.2) is 18.6 Å². The quantitative estimate of drug-likeness (QED) is 0.826. The number of hydrogen-bond donors (Lipinski definition) is 2. The van der Waals surface area contributed by atoms with Crippen molar-refractivity contribution in [3.63, 3.8) is 0 Å². The summed E-state index contributed by atoms with van der Waals surface area (Å²) in [6.07, 6.45) is 5.95. The summed E-state index contributed by atoms with van der Waals surface area (Å²) in [4.78, 5) is 15.4. The lowest BCUT2D eigenvalue weighted by molar-refractivity contribution is 0.252. The minimum Gasteiger partial charge on any atom is -0.338 e. The number of aryl methyl sites for hydroxylation is 1. The van der Waals surface area contributed by atoms with E-state index in [1.54, 1.807) is 12.5 Å². The average Bonchev–Trinajstić information content (AvgIpc) is 2.92. The summed E-state index contributed by atoms with van der Waals surface area (Å²) >= 11 is 0. The smallest absolute Gasteiger partial charge is 0.319 e. The Labute approximate surface area is 114 Å². The van der Waals surface area contributed by atoms with Crippen LogP contribution in [-0.4, -0.2) is 22.1 Å². The van der Waals surface area contributed by atoms with Gasteiger partial charge < -0.3 is 15.2 Å². The fourth-order valence-electron chi connectivity index (χ4n) is 1.63. The second-order valence-corrected chi connectivity index (χ2v) is 4.16. The number of amides is 2. The number of nitrogens with one attached hydrogen (secondary N) is 2. The van der Waals surface area contributed by atoms with Gasteiger partial charge in [0.1, 0.15) is 0 Å². The molecule has 0 fully saturated rings. The summed E-state index contributed by atoms with van der Waals surface area (Å²) in [6, 6.07) is 2.73. The molecule has 1 aromatic carbocycles. The molecule has 2 aromatic rings. The molecule has 0 saturated carbocycles. The van der Waals surface area contributed by atoms with Gasteiger partial charge in [-0.05, 0) is 18.6 Å². The zero-order valence-electron chi connectivity index (χ0n) is 10.6. The molecule has 0 aliphatic heterocycles. The van der Waals surface area contributed by atoms with Crippen molar-refractivity contribution in [2.75, 3.05) is 11.9 Å². The van der Waals surface area contributed by atoms with E-state index < -0.39 is 17.7 Å². The molecule has 0 atom stereocenters. The molecule has 2 N–H and O–H groups in total. The first-order chi connectivity index (χ1) is 9.65. The van der Waals surface area contributed by atoms with Gasteiger partial charge in [-0.15, -0.1) is 0 Å². The maximum absolute atomic E-state index is 12.9. The van der Waals surface area contributed by atoms with Crippen LogP contribution in [0.4, 0.5) is 19.3 Å². The van der Waals surface area contributed by atoms with Crippen LogP contribution in [0.2, 0.25) is 0 Å². The van der Waals surface area contributed by atoms with Crippen molar-refractivity contribution in [1.82, 2.24) is 14.9 Å². The largest absolute Gasteiger partial charge is 0.338 e. The highest BCUT2D eigenvalue weighted by atomic mass is 19.2. The Hall–Kier alpha value is -2.44. The molecular weight excluding hydrogens is 266 g/mol. The molecule has 0 spiro atoms. The third-order valence-electron chi connectivity index (χ3n) is 2.62. The number of benzene rings is 1. The molecule has 0 aliphatic carbocycles. The van der Waals surface area contributed by atoms with E-state index in [9.17, 15) is 13.6 Å². The minimum atomic E-state index is -0.997. The van der Waals surface area contributed by atoms with E-state index in [1.165, 1.54) is 6.07 Å². The van der Waals surface area contributed by atoms with Crippen LogP contribution < -0.4 is 10.6 Å². The maximum Gasteiger partial charge on any atom is 0.319 e. The lowest BCUT2D eigenvalue weighted by atomic mass is 10.3. The van der Waals surface area contributed by atoms with E-state index in [-0.39, 0.29) is 5.69 Å². The summed E-state index contributed by atoms with van der Waals surface area (Å²) < 4.78 is 27.5. The highest BCUT2D eigenvalue weighted by molar-refractivity contribution is 5.89. The standard InChI is InChI=1S/C13H14F2N4O/c14-11-3-2-10(8-12(11)15)18-13(20)17-4-1-6-19-7-5-16-9-19/h2-3,5,7-9H,1,4,6H2,(H2,17,18,20). The second-order valence-electron chi connectivity index (χ2n) is 4.16. The summed E-state index contributed by atoms with van der Waals surface area (Å²) in [6.45, 7) is 1.21. The lowest BCUT2D eigenvalue weighted by Crippen LogP contribution is -2.30. The summed E-state index contributed by atoms with van der Waals surface area (Å²) in [7, 11) is 0. The van der Waals surface area contributed by atoms with E-state index in [4.69, 9.17) is 0 Å². The van der Waals surface area contributed by atoms with Crippen LogP contribution in [-0.2, 0) is 6.54 Å². The number of imidazole rings is 1. The predicted molar refractivity (Wildman–Crippen MR) is 70.2 cm³/mol. The second kappa shape index (κ2) is 6.65. The number of rotatable bonds is 5. The molecule has 0 saturated heterocycles. The molecule has 1 heterocycles. The molecule has 5 nitrogen and oxygen atoms in total. The molecule has 0 aliphatic rings. The SMILES string of the molecule is O=C(NCCCn1ccnc1)Nc1ccc(F)c(F)c1. The van der Waals surface area contributed by atoms with Crippen molar-refractivity contribution in [2.45, 2.75) is 13.0 Å². The highest BCUT2D eigenvalue weighted by Gasteiger charge is 2.05. The Morgan fingerprint density at radius 2 is 2.15 bits per heavy atom. The Bertz CT molecular complexity index is 572.